The average molecular weight is 310 g/mol. The van der Waals surface area contributed by atoms with E-state index in [1.807, 2.05) is 0 Å². The molecule has 0 unspecified atom stereocenters. The Morgan fingerprint density at radius 1 is 1.55 bits per heavy atom. The van der Waals surface area contributed by atoms with Gasteiger partial charge in [0.15, 0.2) is 0 Å². The lowest BCUT2D eigenvalue weighted by Gasteiger charge is -2.34. The van der Waals surface area contributed by atoms with Crippen LogP contribution in [0.3, 0.4) is 0 Å². The molecule has 7 heteroatoms. The number of aliphatic hydroxyl groups is 1. The minimum atomic E-state index is -1.16. The molecule has 1 heterocycles. The summed E-state index contributed by atoms with van der Waals surface area (Å²) in [6.45, 7) is 3.36. The molecule has 122 valence electrons. The molecule has 1 aliphatic heterocycles. The largest absolute Gasteiger partial charge is 0.508 e. The Hall–Kier alpha value is -1.83. The number of amides is 1. The van der Waals surface area contributed by atoms with Crippen molar-refractivity contribution in [2.24, 2.45) is 5.73 Å². The normalized spacial score (nSPS) is 23.3. The first-order valence-corrected chi connectivity index (χ1v) is 7.10. The van der Waals surface area contributed by atoms with Crippen molar-refractivity contribution in [1.82, 2.24) is 4.90 Å². The summed E-state index contributed by atoms with van der Waals surface area (Å²) >= 11 is 0. The minimum absolute atomic E-state index is 0.0915. The van der Waals surface area contributed by atoms with E-state index >= 15 is 0 Å². The zero-order valence-electron chi connectivity index (χ0n) is 12.6. The predicted molar refractivity (Wildman–Crippen MR) is 79.5 cm³/mol. The number of aromatic hydroxyl groups is 1. The monoisotopic (exact) mass is 310 g/mol. The SMILES string of the molecule is CC1(C)OC[C@H]([C@@H](O)[C@@H](N)Cc2cccc(O)c2)N1C(=O)O. The molecule has 1 aromatic rings. The van der Waals surface area contributed by atoms with Crippen molar-refractivity contribution in [2.75, 3.05) is 6.61 Å². The molecule has 22 heavy (non-hydrogen) atoms. The van der Waals surface area contributed by atoms with Crippen LogP contribution in [0.25, 0.3) is 0 Å². The summed E-state index contributed by atoms with van der Waals surface area (Å²) in [5, 5.41) is 29.2. The molecule has 1 saturated heterocycles. The number of rotatable bonds is 4. The van der Waals surface area contributed by atoms with Gasteiger partial charge in [0, 0.05) is 6.04 Å². The first-order chi connectivity index (χ1) is 10.2. The molecule has 0 aromatic heterocycles. The van der Waals surface area contributed by atoms with Gasteiger partial charge < -0.3 is 25.8 Å². The Morgan fingerprint density at radius 3 is 2.82 bits per heavy atom. The average Bonchev–Trinajstić information content (AvgIpc) is 2.73. The molecule has 0 aliphatic carbocycles. The lowest BCUT2D eigenvalue weighted by molar-refractivity contribution is -0.0474. The first-order valence-electron chi connectivity index (χ1n) is 7.10. The van der Waals surface area contributed by atoms with E-state index in [1.54, 1.807) is 38.1 Å². The van der Waals surface area contributed by atoms with Gasteiger partial charge in [0.25, 0.3) is 0 Å². The van der Waals surface area contributed by atoms with Crippen LogP contribution in [-0.4, -0.2) is 56.8 Å². The number of aliphatic hydroxyl groups excluding tert-OH is 1. The van der Waals surface area contributed by atoms with Gasteiger partial charge in [-0.05, 0) is 38.0 Å². The van der Waals surface area contributed by atoms with Crippen molar-refractivity contribution < 1.29 is 24.9 Å². The van der Waals surface area contributed by atoms with Crippen molar-refractivity contribution in [2.45, 2.75) is 44.2 Å². The number of ether oxygens (including phenoxy) is 1. The van der Waals surface area contributed by atoms with Crippen molar-refractivity contribution >= 4 is 6.09 Å². The zero-order valence-corrected chi connectivity index (χ0v) is 12.6. The lowest BCUT2D eigenvalue weighted by atomic mass is 9.96. The van der Waals surface area contributed by atoms with Crippen molar-refractivity contribution in [3.63, 3.8) is 0 Å². The number of phenols is 1. The fourth-order valence-electron chi connectivity index (χ4n) is 2.82. The fraction of sp³-hybridized carbons (Fsp3) is 0.533. The Kier molecular flexibility index (Phi) is 4.60. The topological polar surface area (TPSA) is 116 Å². The third-order valence-electron chi connectivity index (χ3n) is 3.94. The third kappa shape index (κ3) is 3.32. The highest BCUT2D eigenvalue weighted by Crippen LogP contribution is 2.30. The van der Waals surface area contributed by atoms with E-state index in [0.29, 0.717) is 6.42 Å². The molecule has 5 N–H and O–H groups in total. The van der Waals surface area contributed by atoms with Crippen molar-refractivity contribution in [3.8, 4) is 5.75 Å². The van der Waals surface area contributed by atoms with Crippen LogP contribution in [0.4, 0.5) is 4.79 Å². The Morgan fingerprint density at radius 2 is 2.23 bits per heavy atom. The van der Waals surface area contributed by atoms with Gasteiger partial charge >= 0.3 is 6.09 Å². The molecule has 1 aliphatic rings. The maximum absolute atomic E-state index is 11.4. The molecular formula is C15H22N2O5. The van der Waals surface area contributed by atoms with Gasteiger partial charge in [0.1, 0.15) is 11.5 Å². The molecular weight excluding hydrogens is 288 g/mol. The Bertz CT molecular complexity index is 548. The highest BCUT2D eigenvalue weighted by molar-refractivity contribution is 5.66. The summed E-state index contributed by atoms with van der Waals surface area (Å²) in [7, 11) is 0. The standard InChI is InChI=1S/C15H22N2O5/c1-15(2)17(14(20)21)12(8-22-15)13(19)11(16)7-9-4-3-5-10(18)6-9/h3-6,11-13,18-19H,7-8,16H2,1-2H3,(H,20,21)/t11-,12+,13-/m0/s1. The number of carboxylic acid groups (broad SMARTS) is 1. The zero-order chi connectivity index (χ0) is 16.5. The molecule has 3 atom stereocenters. The van der Waals surface area contributed by atoms with E-state index in [0.717, 1.165) is 10.5 Å². The fourth-order valence-corrected chi connectivity index (χ4v) is 2.82. The third-order valence-corrected chi connectivity index (χ3v) is 3.94. The predicted octanol–water partition coefficient (Wildman–Crippen LogP) is 0.738. The van der Waals surface area contributed by atoms with Gasteiger partial charge in [-0.15, -0.1) is 0 Å². The molecule has 0 radical (unpaired) electrons. The molecule has 0 saturated carbocycles. The van der Waals surface area contributed by atoms with Crippen LogP contribution in [-0.2, 0) is 11.2 Å². The minimum Gasteiger partial charge on any atom is -0.508 e. The number of carbonyl (C=O) groups is 1. The van der Waals surface area contributed by atoms with E-state index in [2.05, 4.69) is 0 Å². The molecule has 1 aromatic carbocycles. The van der Waals surface area contributed by atoms with Crippen LogP contribution in [0.15, 0.2) is 24.3 Å². The van der Waals surface area contributed by atoms with Crippen LogP contribution in [0.2, 0.25) is 0 Å². The number of hydrogen-bond acceptors (Lipinski definition) is 5. The van der Waals surface area contributed by atoms with E-state index in [-0.39, 0.29) is 12.4 Å². The molecule has 1 amide bonds. The van der Waals surface area contributed by atoms with E-state index in [9.17, 15) is 20.1 Å². The maximum atomic E-state index is 11.4. The summed E-state index contributed by atoms with van der Waals surface area (Å²) in [4.78, 5) is 12.5. The van der Waals surface area contributed by atoms with E-state index in [1.165, 1.54) is 0 Å². The molecule has 0 spiro atoms. The highest BCUT2D eigenvalue weighted by Gasteiger charge is 2.48. The summed E-state index contributed by atoms with van der Waals surface area (Å²) in [6, 6.07) is 5.19. The second-order valence-corrected chi connectivity index (χ2v) is 6.01. The number of benzene rings is 1. The Balaban J connectivity index is 2.10. The van der Waals surface area contributed by atoms with E-state index < -0.39 is 30.0 Å². The van der Waals surface area contributed by atoms with Crippen LogP contribution < -0.4 is 5.73 Å². The van der Waals surface area contributed by atoms with Crippen LogP contribution in [0.1, 0.15) is 19.4 Å². The lowest BCUT2D eigenvalue weighted by Crippen LogP contribution is -2.56. The van der Waals surface area contributed by atoms with Gasteiger partial charge in [-0.1, -0.05) is 12.1 Å². The summed E-state index contributed by atoms with van der Waals surface area (Å²) in [5.41, 5.74) is 5.80. The van der Waals surface area contributed by atoms with Gasteiger partial charge in [-0.2, -0.15) is 0 Å². The number of hydrogen-bond donors (Lipinski definition) is 4. The summed E-state index contributed by atoms with van der Waals surface area (Å²) in [5.74, 6) is 0.122. The number of nitrogens with two attached hydrogens (primary N) is 1. The van der Waals surface area contributed by atoms with Crippen molar-refractivity contribution in [1.29, 1.82) is 0 Å². The molecule has 2 rings (SSSR count). The number of nitrogens with zero attached hydrogens (tertiary/aromatic N) is 1. The highest BCUT2D eigenvalue weighted by atomic mass is 16.5. The Labute approximate surface area is 128 Å². The van der Waals surface area contributed by atoms with Gasteiger partial charge in [0.2, 0.25) is 0 Å². The smallest absolute Gasteiger partial charge is 0.410 e. The van der Waals surface area contributed by atoms with Gasteiger partial charge in [-0.25, -0.2) is 4.79 Å². The summed E-state index contributed by atoms with van der Waals surface area (Å²) < 4.78 is 5.46. The summed E-state index contributed by atoms with van der Waals surface area (Å²) in [6.07, 6.45) is -1.91. The molecule has 7 nitrogen and oxygen atoms in total. The second-order valence-electron chi connectivity index (χ2n) is 6.01. The molecule has 1 fully saturated rings. The van der Waals surface area contributed by atoms with Crippen molar-refractivity contribution in [3.05, 3.63) is 29.8 Å². The number of phenolic OH excluding ortho intramolecular Hbond substituents is 1. The maximum Gasteiger partial charge on any atom is 0.410 e. The van der Waals surface area contributed by atoms with Crippen LogP contribution >= 0.6 is 0 Å². The second kappa shape index (κ2) is 6.12. The van der Waals surface area contributed by atoms with Crippen LogP contribution in [0.5, 0.6) is 5.75 Å². The van der Waals surface area contributed by atoms with E-state index in [4.69, 9.17) is 10.5 Å². The van der Waals surface area contributed by atoms with Crippen LogP contribution in [0, 0.1) is 0 Å². The quantitative estimate of drug-likeness (QED) is 0.652. The molecule has 0 bridgehead atoms. The first kappa shape index (κ1) is 16.5. The van der Waals surface area contributed by atoms with Gasteiger partial charge in [-0.3, -0.25) is 4.90 Å². The van der Waals surface area contributed by atoms with Gasteiger partial charge in [0.05, 0.1) is 18.8 Å².